The number of hydrogen-bond donors (Lipinski definition) is 1. The zero-order chi connectivity index (χ0) is 23.4. The number of nitrogens with zero attached hydrogens (tertiary/aromatic N) is 6. The number of H-pyrrole nitrogens is 1. The van der Waals surface area contributed by atoms with Gasteiger partial charge in [0.1, 0.15) is 5.82 Å². The predicted molar refractivity (Wildman–Crippen MR) is 125 cm³/mol. The number of amides is 1. The van der Waals surface area contributed by atoms with Crippen LogP contribution in [-0.4, -0.2) is 66.4 Å². The summed E-state index contributed by atoms with van der Waals surface area (Å²) in [5.74, 6) is 1.37. The van der Waals surface area contributed by atoms with Crippen LogP contribution in [0.25, 0.3) is 22.6 Å². The molecule has 33 heavy (non-hydrogen) atoms. The van der Waals surface area contributed by atoms with Crippen molar-refractivity contribution in [3.05, 3.63) is 28.6 Å². The van der Waals surface area contributed by atoms with Crippen LogP contribution in [0.1, 0.15) is 45.2 Å². The Labute approximate surface area is 193 Å². The third-order valence-electron chi connectivity index (χ3n) is 6.49. The molecule has 1 N–H and O–H groups in total. The Morgan fingerprint density at radius 1 is 1.18 bits per heavy atom. The number of fused-ring (bicyclic) bond motifs is 1. The van der Waals surface area contributed by atoms with Crippen LogP contribution in [0.15, 0.2) is 17.3 Å². The molecule has 0 spiro atoms. The molecule has 0 aliphatic carbocycles. The van der Waals surface area contributed by atoms with Gasteiger partial charge >= 0.3 is 0 Å². The van der Waals surface area contributed by atoms with Gasteiger partial charge in [-0.1, -0.05) is 0 Å². The molecule has 0 saturated carbocycles. The molecule has 5 heterocycles. The third-order valence-corrected chi connectivity index (χ3v) is 6.49. The summed E-state index contributed by atoms with van der Waals surface area (Å²) >= 11 is 0. The van der Waals surface area contributed by atoms with Crippen LogP contribution in [0.5, 0.6) is 0 Å². The highest BCUT2D eigenvalue weighted by molar-refractivity contribution is 5.79. The van der Waals surface area contributed by atoms with E-state index in [-0.39, 0.29) is 11.5 Å². The fraction of sp³-hybridized carbons (Fsp3) is 0.609. The maximum absolute atomic E-state index is 11.9. The topological polar surface area (TPSA) is 111 Å². The van der Waals surface area contributed by atoms with E-state index in [0.717, 1.165) is 62.8 Å². The SMILES string of the molecule is CCn1ncc(-c2nc3c(=O)[nH]cnc3n2CC)c1C.O=C(C1CCOCC1)N1CCCC1. The van der Waals surface area contributed by atoms with Crippen LogP contribution in [0.3, 0.4) is 0 Å². The summed E-state index contributed by atoms with van der Waals surface area (Å²) < 4.78 is 9.09. The van der Waals surface area contributed by atoms with Crippen LogP contribution in [0.2, 0.25) is 0 Å². The van der Waals surface area contributed by atoms with E-state index >= 15 is 0 Å². The minimum atomic E-state index is -0.219. The summed E-state index contributed by atoms with van der Waals surface area (Å²) in [6, 6.07) is 0. The van der Waals surface area contributed by atoms with Crippen molar-refractivity contribution in [1.82, 2.24) is 34.2 Å². The van der Waals surface area contributed by atoms with Crippen LogP contribution in [0, 0.1) is 12.8 Å². The van der Waals surface area contributed by atoms with Gasteiger partial charge < -0.3 is 19.2 Å². The zero-order valence-electron chi connectivity index (χ0n) is 19.7. The minimum Gasteiger partial charge on any atom is -0.381 e. The molecule has 0 atom stereocenters. The highest BCUT2D eigenvalue weighted by atomic mass is 16.5. The molecule has 2 aliphatic heterocycles. The third kappa shape index (κ3) is 4.71. The van der Waals surface area contributed by atoms with Gasteiger partial charge in [0.15, 0.2) is 11.2 Å². The van der Waals surface area contributed by atoms with Gasteiger partial charge in [-0.3, -0.25) is 14.3 Å². The molecule has 0 aromatic carbocycles. The number of carbonyl (C=O) groups is 1. The first-order valence-electron chi connectivity index (χ1n) is 11.9. The minimum absolute atomic E-state index is 0.219. The van der Waals surface area contributed by atoms with Crippen molar-refractivity contribution in [1.29, 1.82) is 0 Å². The number of aromatic amines is 1. The van der Waals surface area contributed by atoms with Crippen molar-refractivity contribution in [2.45, 2.75) is 59.5 Å². The number of likely N-dealkylation sites (tertiary alicyclic amines) is 1. The Kier molecular flexibility index (Phi) is 7.22. The van der Waals surface area contributed by atoms with E-state index < -0.39 is 0 Å². The molecule has 1 amide bonds. The Morgan fingerprint density at radius 2 is 1.91 bits per heavy atom. The van der Waals surface area contributed by atoms with Crippen molar-refractivity contribution >= 4 is 17.1 Å². The molecule has 3 aromatic rings. The van der Waals surface area contributed by atoms with E-state index in [0.29, 0.717) is 23.6 Å². The average Bonchev–Trinajstić information content (AvgIpc) is 3.58. The quantitative estimate of drug-likeness (QED) is 0.647. The van der Waals surface area contributed by atoms with Gasteiger partial charge in [-0.25, -0.2) is 9.97 Å². The fourth-order valence-electron chi connectivity index (χ4n) is 4.58. The second kappa shape index (κ2) is 10.3. The molecule has 0 radical (unpaired) electrons. The Bertz CT molecular complexity index is 1150. The van der Waals surface area contributed by atoms with Crippen molar-refractivity contribution in [3.8, 4) is 11.4 Å². The van der Waals surface area contributed by atoms with Gasteiger partial charge in [0.2, 0.25) is 5.91 Å². The summed E-state index contributed by atoms with van der Waals surface area (Å²) in [7, 11) is 0. The van der Waals surface area contributed by atoms with Gasteiger partial charge in [0.05, 0.1) is 18.1 Å². The number of hydrogen-bond acceptors (Lipinski definition) is 6. The van der Waals surface area contributed by atoms with Crippen LogP contribution in [0.4, 0.5) is 0 Å². The Balaban J connectivity index is 0.000000172. The molecule has 2 saturated heterocycles. The van der Waals surface area contributed by atoms with Gasteiger partial charge in [0, 0.05) is 51.0 Å². The van der Waals surface area contributed by atoms with Crippen LogP contribution < -0.4 is 5.56 Å². The molecule has 0 bridgehead atoms. The molecule has 2 fully saturated rings. The first kappa shape index (κ1) is 23.2. The lowest BCUT2D eigenvalue weighted by molar-refractivity contribution is -0.137. The summed E-state index contributed by atoms with van der Waals surface area (Å²) in [5, 5.41) is 4.34. The van der Waals surface area contributed by atoms with Gasteiger partial charge in [-0.05, 0) is 46.5 Å². The largest absolute Gasteiger partial charge is 0.381 e. The monoisotopic (exact) mass is 455 g/mol. The molecule has 10 nitrogen and oxygen atoms in total. The number of aromatic nitrogens is 6. The Morgan fingerprint density at radius 3 is 2.55 bits per heavy atom. The predicted octanol–water partition coefficient (Wildman–Crippen LogP) is 2.37. The van der Waals surface area contributed by atoms with Crippen LogP contribution in [-0.2, 0) is 22.6 Å². The van der Waals surface area contributed by atoms with E-state index in [1.165, 1.54) is 19.2 Å². The van der Waals surface area contributed by atoms with Crippen LogP contribution >= 0.6 is 0 Å². The molecular formula is C23H33N7O3. The molecule has 178 valence electrons. The van der Waals surface area contributed by atoms with E-state index in [1.54, 1.807) is 6.20 Å². The highest BCUT2D eigenvalue weighted by Crippen LogP contribution is 2.25. The number of carbonyl (C=O) groups excluding carboxylic acids is 1. The lowest BCUT2D eigenvalue weighted by atomic mass is 9.99. The molecular weight excluding hydrogens is 422 g/mol. The van der Waals surface area contributed by atoms with E-state index in [4.69, 9.17) is 4.74 Å². The van der Waals surface area contributed by atoms with E-state index in [2.05, 4.69) is 20.1 Å². The van der Waals surface area contributed by atoms with E-state index in [1.807, 2.05) is 34.9 Å². The smallest absolute Gasteiger partial charge is 0.278 e. The number of nitrogens with one attached hydrogen (secondary N) is 1. The van der Waals surface area contributed by atoms with Crippen molar-refractivity contribution in [2.24, 2.45) is 5.92 Å². The normalized spacial score (nSPS) is 16.8. The maximum atomic E-state index is 11.9. The summed E-state index contributed by atoms with van der Waals surface area (Å²) in [6.07, 6.45) is 7.43. The molecule has 2 aliphatic rings. The molecule has 10 heteroatoms. The van der Waals surface area contributed by atoms with Crippen molar-refractivity contribution in [3.63, 3.8) is 0 Å². The average molecular weight is 456 g/mol. The lowest BCUT2D eigenvalue weighted by Gasteiger charge is -2.25. The Hall–Kier alpha value is -3.01. The van der Waals surface area contributed by atoms with Gasteiger partial charge in [-0.2, -0.15) is 5.10 Å². The number of ether oxygens (including phenoxy) is 1. The maximum Gasteiger partial charge on any atom is 0.278 e. The first-order valence-corrected chi connectivity index (χ1v) is 11.9. The standard InChI is InChI=1S/C13H16N6O.C10H17NO2/c1-4-18-11(9-6-16-19(5-2)8(9)3)17-10-12(18)14-7-15-13(10)20;12-10(11-5-1-2-6-11)9-3-7-13-8-4-9/h6-7H,4-5H2,1-3H3,(H,14,15,20);9H,1-8H2. The summed E-state index contributed by atoms with van der Waals surface area (Å²) in [5.41, 5.74) is 2.73. The number of aryl methyl sites for hydroxylation is 2. The van der Waals surface area contributed by atoms with Gasteiger partial charge in [-0.15, -0.1) is 0 Å². The molecule has 0 unspecified atom stereocenters. The number of imidazole rings is 1. The number of rotatable bonds is 4. The van der Waals surface area contributed by atoms with Crippen molar-refractivity contribution < 1.29 is 9.53 Å². The lowest BCUT2D eigenvalue weighted by Crippen LogP contribution is -2.36. The molecule has 5 rings (SSSR count). The second-order valence-corrected chi connectivity index (χ2v) is 8.46. The highest BCUT2D eigenvalue weighted by Gasteiger charge is 2.27. The fourth-order valence-corrected chi connectivity index (χ4v) is 4.58. The van der Waals surface area contributed by atoms with E-state index in [9.17, 15) is 9.59 Å². The second-order valence-electron chi connectivity index (χ2n) is 8.46. The van der Waals surface area contributed by atoms with Crippen molar-refractivity contribution in [2.75, 3.05) is 26.3 Å². The first-order chi connectivity index (χ1) is 16.0. The zero-order valence-corrected chi connectivity index (χ0v) is 19.7. The van der Waals surface area contributed by atoms with Gasteiger partial charge in [0.25, 0.3) is 5.56 Å². The summed E-state index contributed by atoms with van der Waals surface area (Å²) in [6.45, 7) is 11.0. The summed E-state index contributed by atoms with van der Waals surface area (Å²) in [4.78, 5) is 37.0. The molecule has 3 aromatic heterocycles.